The van der Waals surface area contributed by atoms with E-state index in [-0.39, 0.29) is 0 Å². The molecule has 0 amide bonds. The zero-order valence-corrected chi connectivity index (χ0v) is 9.88. The molecule has 1 rings (SSSR count). The van der Waals surface area contributed by atoms with Crippen LogP contribution in [0.2, 0.25) is 0 Å². The lowest BCUT2D eigenvalue weighted by Gasteiger charge is -2.28. The summed E-state index contributed by atoms with van der Waals surface area (Å²) in [5.41, 5.74) is 0. The largest absolute Gasteiger partial charge is 0.377 e. The maximum absolute atomic E-state index is 5.91. The second kappa shape index (κ2) is 6.41. The third-order valence-electron chi connectivity index (χ3n) is 3.34. The Balaban J connectivity index is 2.12. The fraction of sp³-hybridized carbons (Fsp3) is 1.00. The SMILES string of the molecule is CCC(CC)COC1CCC(C)NC1. The summed E-state index contributed by atoms with van der Waals surface area (Å²) in [7, 11) is 0. The first kappa shape index (κ1) is 12.0. The summed E-state index contributed by atoms with van der Waals surface area (Å²) in [6.07, 6.45) is 5.44. The van der Waals surface area contributed by atoms with Gasteiger partial charge in [0, 0.05) is 19.2 Å². The maximum atomic E-state index is 5.91. The summed E-state index contributed by atoms with van der Waals surface area (Å²) >= 11 is 0. The first-order valence-electron chi connectivity index (χ1n) is 6.11. The predicted octanol–water partition coefficient (Wildman–Crippen LogP) is 2.58. The lowest BCUT2D eigenvalue weighted by atomic mass is 10.0. The number of ether oxygens (including phenoxy) is 1. The van der Waals surface area contributed by atoms with Crippen LogP contribution in [-0.4, -0.2) is 25.3 Å². The summed E-state index contributed by atoms with van der Waals surface area (Å²) in [5, 5.41) is 3.47. The van der Waals surface area contributed by atoms with E-state index in [2.05, 4.69) is 26.1 Å². The van der Waals surface area contributed by atoms with Crippen molar-refractivity contribution >= 4 is 0 Å². The van der Waals surface area contributed by atoms with Gasteiger partial charge in [0.25, 0.3) is 0 Å². The van der Waals surface area contributed by atoms with Gasteiger partial charge < -0.3 is 10.1 Å². The molecule has 0 aromatic rings. The Morgan fingerprint density at radius 2 is 2.00 bits per heavy atom. The molecule has 1 aliphatic rings. The van der Waals surface area contributed by atoms with E-state index < -0.39 is 0 Å². The second-order valence-electron chi connectivity index (χ2n) is 4.52. The van der Waals surface area contributed by atoms with Crippen LogP contribution in [0, 0.1) is 5.92 Å². The molecule has 1 fully saturated rings. The van der Waals surface area contributed by atoms with Gasteiger partial charge in [-0.15, -0.1) is 0 Å². The minimum absolute atomic E-state index is 0.465. The normalized spacial score (nSPS) is 28.3. The summed E-state index contributed by atoms with van der Waals surface area (Å²) in [6, 6.07) is 0.683. The van der Waals surface area contributed by atoms with Gasteiger partial charge in [-0.25, -0.2) is 0 Å². The van der Waals surface area contributed by atoms with Crippen LogP contribution in [0.1, 0.15) is 46.5 Å². The zero-order chi connectivity index (χ0) is 10.4. The summed E-state index contributed by atoms with van der Waals surface area (Å²) in [4.78, 5) is 0. The van der Waals surface area contributed by atoms with Crippen molar-refractivity contribution in [2.45, 2.75) is 58.6 Å². The second-order valence-corrected chi connectivity index (χ2v) is 4.52. The van der Waals surface area contributed by atoms with Crippen LogP contribution < -0.4 is 5.32 Å². The lowest BCUT2D eigenvalue weighted by molar-refractivity contribution is 0.00894. The van der Waals surface area contributed by atoms with Crippen LogP contribution in [0.4, 0.5) is 0 Å². The van der Waals surface area contributed by atoms with Crippen molar-refractivity contribution in [2.75, 3.05) is 13.2 Å². The topological polar surface area (TPSA) is 21.3 Å². The van der Waals surface area contributed by atoms with Crippen molar-refractivity contribution in [3.8, 4) is 0 Å². The fourth-order valence-electron chi connectivity index (χ4n) is 1.91. The summed E-state index contributed by atoms with van der Waals surface area (Å²) < 4.78 is 5.91. The molecular weight excluding hydrogens is 174 g/mol. The molecule has 1 aliphatic heterocycles. The molecular formula is C12H25NO. The number of hydrogen-bond donors (Lipinski definition) is 1. The highest BCUT2D eigenvalue weighted by Crippen LogP contribution is 2.14. The molecule has 14 heavy (non-hydrogen) atoms. The number of hydrogen-bond acceptors (Lipinski definition) is 2. The summed E-state index contributed by atoms with van der Waals surface area (Å²) in [6.45, 7) is 8.74. The van der Waals surface area contributed by atoms with Gasteiger partial charge in [0.05, 0.1) is 6.10 Å². The third kappa shape index (κ3) is 3.97. The molecule has 84 valence electrons. The first-order chi connectivity index (χ1) is 6.76. The van der Waals surface area contributed by atoms with Gasteiger partial charge in [-0.05, 0) is 25.7 Å². The van der Waals surface area contributed by atoms with Crippen LogP contribution in [-0.2, 0) is 4.74 Å². The van der Waals surface area contributed by atoms with Crippen molar-refractivity contribution in [3.63, 3.8) is 0 Å². The van der Waals surface area contributed by atoms with Crippen LogP contribution in [0.3, 0.4) is 0 Å². The molecule has 0 aromatic heterocycles. The molecule has 2 atom stereocenters. The predicted molar refractivity (Wildman–Crippen MR) is 60.5 cm³/mol. The molecule has 0 bridgehead atoms. The Morgan fingerprint density at radius 1 is 1.29 bits per heavy atom. The Morgan fingerprint density at radius 3 is 2.50 bits per heavy atom. The van der Waals surface area contributed by atoms with E-state index in [1.54, 1.807) is 0 Å². The van der Waals surface area contributed by atoms with E-state index in [0.29, 0.717) is 12.1 Å². The van der Waals surface area contributed by atoms with E-state index in [4.69, 9.17) is 4.74 Å². The van der Waals surface area contributed by atoms with Crippen LogP contribution in [0.5, 0.6) is 0 Å². The van der Waals surface area contributed by atoms with Gasteiger partial charge in [-0.1, -0.05) is 26.7 Å². The van der Waals surface area contributed by atoms with Gasteiger partial charge in [-0.3, -0.25) is 0 Å². The number of piperidine rings is 1. The Kier molecular flexibility index (Phi) is 5.49. The number of rotatable bonds is 5. The van der Waals surface area contributed by atoms with Gasteiger partial charge >= 0.3 is 0 Å². The average molecular weight is 199 g/mol. The average Bonchev–Trinajstić information content (AvgIpc) is 2.22. The van der Waals surface area contributed by atoms with Crippen molar-refractivity contribution in [1.82, 2.24) is 5.32 Å². The molecule has 2 nitrogen and oxygen atoms in total. The molecule has 1 heterocycles. The van der Waals surface area contributed by atoms with E-state index in [1.807, 2.05) is 0 Å². The zero-order valence-electron chi connectivity index (χ0n) is 9.88. The highest BCUT2D eigenvalue weighted by molar-refractivity contribution is 4.75. The summed E-state index contributed by atoms with van der Waals surface area (Å²) in [5.74, 6) is 0.759. The standard InChI is InChI=1S/C12H25NO/c1-4-11(5-2)9-14-12-7-6-10(3)13-8-12/h10-13H,4-9H2,1-3H3. The van der Waals surface area contributed by atoms with E-state index in [1.165, 1.54) is 25.7 Å². The highest BCUT2D eigenvalue weighted by Gasteiger charge is 2.18. The molecule has 2 heteroatoms. The highest BCUT2D eigenvalue weighted by atomic mass is 16.5. The van der Waals surface area contributed by atoms with Crippen LogP contribution in [0.15, 0.2) is 0 Å². The molecule has 0 saturated carbocycles. The van der Waals surface area contributed by atoms with Gasteiger partial charge in [-0.2, -0.15) is 0 Å². The third-order valence-corrected chi connectivity index (χ3v) is 3.34. The van der Waals surface area contributed by atoms with Crippen molar-refractivity contribution in [1.29, 1.82) is 0 Å². The molecule has 2 unspecified atom stereocenters. The van der Waals surface area contributed by atoms with Crippen molar-refractivity contribution < 1.29 is 4.74 Å². The Labute approximate surface area is 88.4 Å². The van der Waals surface area contributed by atoms with Gasteiger partial charge in [0.1, 0.15) is 0 Å². The van der Waals surface area contributed by atoms with Gasteiger partial charge in [0.2, 0.25) is 0 Å². The monoisotopic (exact) mass is 199 g/mol. The van der Waals surface area contributed by atoms with E-state index in [0.717, 1.165) is 19.1 Å². The first-order valence-corrected chi connectivity index (χ1v) is 6.11. The maximum Gasteiger partial charge on any atom is 0.0700 e. The molecule has 0 aliphatic carbocycles. The minimum Gasteiger partial charge on any atom is -0.377 e. The van der Waals surface area contributed by atoms with E-state index >= 15 is 0 Å². The molecule has 1 saturated heterocycles. The molecule has 0 radical (unpaired) electrons. The van der Waals surface area contributed by atoms with Gasteiger partial charge in [0.15, 0.2) is 0 Å². The Hall–Kier alpha value is -0.0800. The van der Waals surface area contributed by atoms with E-state index in [9.17, 15) is 0 Å². The smallest absolute Gasteiger partial charge is 0.0700 e. The fourth-order valence-corrected chi connectivity index (χ4v) is 1.91. The van der Waals surface area contributed by atoms with Crippen molar-refractivity contribution in [2.24, 2.45) is 5.92 Å². The van der Waals surface area contributed by atoms with Crippen molar-refractivity contribution in [3.05, 3.63) is 0 Å². The quantitative estimate of drug-likeness (QED) is 0.735. The number of nitrogens with one attached hydrogen (secondary N) is 1. The molecule has 0 aromatic carbocycles. The molecule has 1 N–H and O–H groups in total. The minimum atomic E-state index is 0.465. The van der Waals surface area contributed by atoms with Crippen LogP contribution >= 0.6 is 0 Å². The lowest BCUT2D eigenvalue weighted by Crippen LogP contribution is -2.41. The van der Waals surface area contributed by atoms with Crippen LogP contribution in [0.25, 0.3) is 0 Å². The molecule has 0 spiro atoms. The Bertz CT molecular complexity index is 137.